The molecule has 5 rings (SSSR count). The summed E-state index contributed by atoms with van der Waals surface area (Å²) < 4.78 is 0. The number of aliphatic carboxylic acids is 2. The number of carboxylic acids is 2. The van der Waals surface area contributed by atoms with Crippen molar-refractivity contribution >= 4 is 35.7 Å². The summed E-state index contributed by atoms with van der Waals surface area (Å²) in [6, 6.07) is 0.0207. The molecule has 0 saturated carbocycles. The molecule has 3 aliphatic rings. The molecule has 1 amide bonds. The molecule has 238 valence electrons. The number of H-pyrrole nitrogens is 2. The highest BCUT2D eigenvalue weighted by molar-refractivity contribution is 8.06. The summed E-state index contributed by atoms with van der Waals surface area (Å²) in [4.78, 5) is 42.9. The Labute approximate surface area is 262 Å². The van der Waals surface area contributed by atoms with Crippen molar-refractivity contribution in [2.24, 2.45) is 17.8 Å². The molecule has 6 atom stereocenters. The predicted octanol–water partition coefficient (Wildman–Crippen LogP) is 3.84. The quantitative estimate of drug-likeness (QED) is 0.138. The Morgan fingerprint density at radius 2 is 1.57 bits per heavy atom. The van der Waals surface area contributed by atoms with Gasteiger partial charge in [-0.05, 0) is 73.4 Å². The Morgan fingerprint density at radius 3 is 2.14 bits per heavy atom. The van der Waals surface area contributed by atoms with Gasteiger partial charge in [0.25, 0.3) is 0 Å². The number of amides is 1. The zero-order chi connectivity index (χ0) is 31.9. The van der Waals surface area contributed by atoms with Gasteiger partial charge in [-0.15, -0.1) is 0 Å². The molecule has 2 aromatic rings. The highest BCUT2D eigenvalue weighted by Crippen LogP contribution is 2.46. The molecule has 5 heterocycles. The number of rotatable bonds is 12. The summed E-state index contributed by atoms with van der Waals surface area (Å²) in [5, 5.41) is 36.3. The van der Waals surface area contributed by atoms with Crippen molar-refractivity contribution in [2.45, 2.75) is 90.7 Å². The highest BCUT2D eigenvalue weighted by Gasteiger charge is 2.45. The third kappa shape index (κ3) is 6.55. The first-order valence-electron chi connectivity index (χ1n) is 15.5. The van der Waals surface area contributed by atoms with Gasteiger partial charge >= 0.3 is 11.9 Å². The molecule has 3 aliphatic heterocycles. The molecule has 0 radical (unpaired) electrons. The van der Waals surface area contributed by atoms with E-state index in [1.165, 1.54) is 0 Å². The third-order valence-corrected chi connectivity index (χ3v) is 10.8. The van der Waals surface area contributed by atoms with Crippen molar-refractivity contribution in [1.29, 1.82) is 0 Å². The monoisotopic (exact) mass is 624 g/mol. The Kier molecular flexibility index (Phi) is 9.48. The molecular formula is C33H44N4O6S. The minimum absolute atomic E-state index is 0.00390. The Morgan fingerprint density at radius 1 is 0.955 bits per heavy atom. The fourth-order valence-electron chi connectivity index (χ4n) is 7.09. The van der Waals surface area contributed by atoms with Crippen LogP contribution >= 0.6 is 11.8 Å². The van der Waals surface area contributed by atoms with Crippen molar-refractivity contribution in [3.05, 3.63) is 62.4 Å². The average molecular weight is 625 g/mol. The standard InChI is InChI=1S/C33H44N4O6S/c1-6-19-15(2)24(36-33(19)43)11-22-16(3)20(7-9-29(38)39)25(34-22)13-26-21(8-10-30(40)41)17(4)23(35-26)12-27-31(28-14-44-28)18(5)32(42)37-27/h6,12,15,18,24,28,31,33-36,43H,7-11,13-14H2,1-5H3,(H,37,42)(H,38,39)(H,40,41)/b19-6-,27-12-/t15?,18-,24-,28+,31-,33?/m1/s1. The number of thioether (sulfide) groups is 1. The van der Waals surface area contributed by atoms with Crippen molar-refractivity contribution < 1.29 is 29.7 Å². The van der Waals surface area contributed by atoms with E-state index in [1.54, 1.807) is 0 Å². The minimum Gasteiger partial charge on any atom is -0.481 e. The second-order valence-electron chi connectivity index (χ2n) is 12.5. The normalized spacial score (nSPS) is 28.3. The summed E-state index contributed by atoms with van der Waals surface area (Å²) in [7, 11) is 0. The number of allylic oxidation sites excluding steroid dienone is 2. The van der Waals surface area contributed by atoms with Crippen molar-refractivity contribution in [2.75, 3.05) is 5.75 Å². The summed E-state index contributed by atoms with van der Waals surface area (Å²) in [5.41, 5.74) is 9.37. The molecule has 2 unspecified atom stereocenters. The summed E-state index contributed by atoms with van der Waals surface area (Å²) in [6.07, 6.45) is 5.09. The van der Waals surface area contributed by atoms with Crippen molar-refractivity contribution in [1.82, 2.24) is 20.6 Å². The van der Waals surface area contributed by atoms with Crippen LogP contribution in [0.1, 0.15) is 78.6 Å². The van der Waals surface area contributed by atoms with Crippen LogP contribution < -0.4 is 10.6 Å². The number of nitrogens with one attached hydrogen (secondary N) is 4. The number of aliphatic hydroxyl groups is 1. The second kappa shape index (κ2) is 13.0. The number of aromatic amines is 2. The van der Waals surface area contributed by atoms with E-state index in [2.05, 4.69) is 27.5 Å². The van der Waals surface area contributed by atoms with Crippen LogP contribution in [0.5, 0.6) is 0 Å². The molecular weight excluding hydrogens is 580 g/mol. The van der Waals surface area contributed by atoms with Gasteiger partial charge in [0.1, 0.15) is 6.23 Å². The number of carbonyl (C=O) groups is 3. The van der Waals surface area contributed by atoms with Crippen LogP contribution in [0.15, 0.2) is 17.3 Å². The molecule has 3 fully saturated rings. The van der Waals surface area contributed by atoms with E-state index >= 15 is 0 Å². The van der Waals surface area contributed by atoms with Crippen molar-refractivity contribution in [3.8, 4) is 0 Å². The van der Waals surface area contributed by atoms with Gasteiger partial charge < -0.3 is 30.6 Å². The van der Waals surface area contributed by atoms with Gasteiger partial charge in [0.2, 0.25) is 5.91 Å². The van der Waals surface area contributed by atoms with Gasteiger partial charge in [0.05, 0.1) is 0 Å². The molecule has 10 nitrogen and oxygen atoms in total. The smallest absolute Gasteiger partial charge is 0.303 e. The molecule has 3 saturated heterocycles. The highest BCUT2D eigenvalue weighted by atomic mass is 32.2. The fourth-order valence-corrected chi connectivity index (χ4v) is 8.00. The molecule has 44 heavy (non-hydrogen) atoms. The van der Waals surface area contributed by atoms with Gasteiger partial charge in [0.15, 0.2) is 0 Å². The summed E-state index contributed by atoms with van der Waals surface area (Å²) >= 11 is 1.86. The van der Waals surface area contributed by atoms with Gasteiger partial charge in [-0.2, -0.15) is 11.8 Å². The van der Waals surface area contributed by atoms with E-state index in [9.17, 15) is 29.7 Å². The maximum absolute atomic E-state index is 12.6. The van der Waals surface area contributed by atoms with Gasteiger partial charge in [0, 0.05) is 83.0 Å². The van der Waals surface area contributed by atoms with Crippen LogP contribution in [0.4, 0.5) is 0 Å². The molecule has 0 aliphatic carbocycles. The molecule has 11 heteroatoms. The van der Waals surface area contributed by atoms with Gasteiger partial charge in [-0.1, -0.05) is 19.9 Å². The SMILES string of the molecule is C/C=C1\C(O)N[C@H](Cc2[nH]c(Cc3[nH]c(/C=C4\NC(=O)[C@H](C)[C@H]4[C@@H]4CS4)c(C)c3CCC(=O)O)c(CCC(=O)O)c2C)C1C. The number of hydrogen-bond donors (Lipinski definition) is 7. The van der Waals surface area contributed by atoms with Crippen LogP contribution in [0.2, 0.25) is 0 Å². The zero-order valence-electron chi connectivity index (χ0n) is 26.0. The Balaban J connectivity index is 1.50. The summed E-state index contributed by atoms with van der Waals surface area (Å²) in [6.45, 7) is 9.99. The molecule has 0 bridgehead atoms. The number of carboxylic acid groups (broad SMARTS) is 2. The number of hydrogen-bond acceptors (Lipinski definition) is 6. The summed E-state index contributed by atoms with van der Waals surface area (Å²) in [5.74, 6) is -0.496. The first-order chi connectivity index (χ1) is 20.9. The number of carbonyl (C=O) groups excluding carboxylic acids is 1. The molecule has 0 spiro atoms. The topological polar surface area (TPSA) is 168 Å². The van der Waals surface area contributed by atoms with E-state index in [0.29, 0.717) is 30.9 Å². The van der Waals surface area contributed by atoms with Crippen molar-refractivity contribution in [3.63, 3.8) is 0 Å². The lowest BCUT2D eigenvalue weighted by atomic mass is 9.91. The Hall–Kier alpha value is -3.28. The maximum atomic E-state index is 12.6. The molecule has 7 N–H and O–H groups in total. The largest absolute Gasteiger partial charge is 0.481 e. The second-order valence-corrected chi connectivity index (χ2v) is 13.8. The maximum Gasteiger partial charge on any atom is 0.303 e. The van der Waals surface area contributed by atoms with Crippen LogP contribution in [0.3, 0.4) is 0 Å². The fraction of sp³-hybridized carbons (Fsp3) is 0.545. The lowest BCUT2D eigenvalue weighted by molar-refractivity contribution is -0.138. The predicted molar refractivity (Wildman–Crippen MR) is 170 cm³/mol. The third-order valence-electron chi connectivity index (χ3n) is 9.82. The van der Waals surface area contributed by atoms with Crippen LogP contribution in [-0.2, 0) is 40.1 Å². The number of aromatic nitrogens is 2. The van der Waals surface area contributed by atoms with E-state index in [4.69, 9.17) is 0 Å². The molecule has 2 aromatic heterocycles. The first kappa shape index (κ1) is 32.1. The molecule has 0 aromatic carbocycles. The first-order valence-corrected chi connectivity index (χ1v) is 16.5. The van der Waals surface area contributed by atoms with E-state index in [0.717, 1.165) is 62.1 Å². The Bertz CT molecular complexity index is 1520. The average Bonchev–Trinajstić information content (AvgIpc) is 3.53. The zero-order valence-corrected chi connectivity index (χ0v) is 26.9. The number of aliphatic hydroxyl groups excluding tert-OH is 1. The lowest BCUT2D eigenvalue weighted by Gasteiger charge is -2.15. The van der Waals surface area contributed by atoms with E-state index < -0.39 is 18.2 Å². The van der Waals surface area contributed by atoms with E-state index in [1.807, 2.05) is 51.6 Å². The van der Waals surface area contributed by atoms with Crippen LogP contribution in [0.25, 0.3) is 6.08 Å². The lowest BCUT2D eigenvalue weighted by Crippen LogP contribution is -2.32. The van der Waals surface area contributed by atoms with Gasteiger partial charge in [-0.25, -0.2) is 0 Å². The minimum atomic E-state index is -0.875. The van der Waals surface area contributed by atoms with Crippen LogP contribution in [-0.4, -0.2) is 66.4 Å². The van der Waals surface area contributed by atoms with Gasteiger partial charge in [-0.3, -0.25) is 19.7 Å². The van der Waals surface area contributed by atoms with E-state index in [-0.39, 0.29) is 42.5 Å². The van der Waals surface area contributed by atoms with Crippen LogP contribution in [0, 0.1) is 31.6 Å².